The summed E-state index contributed by atoms with van der Waals surface area (Å²) in [4.78, 5) is 10.6. The number of carbonyl (C=O) groups is 1. The lowest BCUT2D eigenvalue weighted by molar-refractivity contribution is -0.150. The molecule has 0 bridgehead atoms. The Bertz CT molecular complexity index is 294. The predicted molar refractivity (Wildman–Crippen MR) is 45.0 cm³/mol. The molecule has 5 nitrogen and oxygen atoms in total. The molecule has 0 radical (unpaired) electrons. The molecule has 1 aliphatic heterocycles. The predicted octanol–water partition coefficient (Wildman–Crippen LogP) is -0.639. The monoisotopic (exact) mass is 208 g/mol. The molecular formula is C7H12O5S. The highest BCUT2D eigenvalue weighted by molar-refractivity contribution is 7.91. The molecule has 1 fully saturated rings. The van der Waals surface area contributed by atoms with E-state index in [1.165, 1.54) is 14.0 Å². The van der Waals surface area contributed by atoms with Crippen LogP contribution in [-0.2, 0) is 24.1 Å². The summed E-state index contributed by atoms with van der Waals surface area (Å²) in [6, 6.07) is 0. The molecule has 76 valence electrons. The molecule has 1 aliphatic rings. The summed E-state index contributed by atoms with van der Waals surface area (Å²) in [6.45, 7) is 1.25. The molecule has 0 saturated carbocycles. The van der Waals surface area contributed by atoms with E-state index in [0.717, 1.165) is 0 Å². The quantitative estimate of drug-likeness (QED) is 0.565. The van der Waals surface area contributed by atoms with Crippen molar-refractivity contribution in [3.8, 4) is 0 Å². The fraction of sp³-hybridized carbons (Fsp3) is 0.857. The molecule has 2 atom stereocenters. The number of ether oxygens (including phenoxy) is 2. The highest BCUT2D eigenvalue weighted by Gasteiger charge is 2.39. The summed E-state index contributed by atoms with van der Waals surface area (Å²) in [5.74, 6) is -0.684. The zero-order chi connectivity index (χ0) is 10.1. The van der Waals surface area contributed by atoms with Gasteiger partial charge in [-0.15, -0.1) is 0 Å². The van der Waals surface area contributed by atoms with Gasteiger partial charge in [0.1, 0.15) is 12.2 Å². The van der Waals surface area contributed by atoms with Crippen molar-refractivity contribution in [2.75, 3.05) is 18.6 Å². The molecule has 0 N–H and O–H groups in total. The second-order valence-electron chi connectivity index (χ2n) is 3.00. The minimum Gasteiger partial charge on any atom is -0.459 e. The van der Waals surface area contributed by atoms with Crippen molar-refractivity contribution in [2.24, 2.45) is 0 Å². The number of hydrogen-bond donors (Lipinski definition) is 0. The highest BCUT2D eigenvalue weighted by atomic mass is 32.2. The van der Waals surface area contributed by atoms with Crippen LogP contribution in [0.3, 0.4) is 0 Å². The molecule has 6 heteroatoms. The average Bonchev–Trinajstić information content (AvgIpc) is 2.24. The maximum Gasteiger partial charge on any atom is 0.303 e. The van der Waals surface area contributed by atoms with Crippen LogP contribution in [0.4, 0.5) is 0 Å². The Labute approximate surface area is 76.9 Å². The zero-order valence-corrected chi connectivity index (χ0v) is 8.33. The molecule has 0 amide bonds. The van der Waals surface area contributed by atoms with Gasteiger partial charge in [0.15, 0.2) is 9.84 Å². The largest absolute Gasteiger partial charge is 0.459 e. The van der Waals surface area contributed by atoms with Crippen LogP contribution < -0.4 is 0 Å². The SMILES string of the molecule is CO[C@H]1CS(=O)(=O)C[C@H]1OC(C)=O. The molecule has 1 heterocycles. The van der Waals surface area contributed by atoms with E-state index in [1.807, 2.05) is 0 Å². The van der Waals surface area contributed by atoms with Crippen molar-refractivity contribution >= 4 is 15.8 Å². The lowest BCUT2D eigenvalue weighted by Gasteiger charge is -2.15. The van der Waals surface area contributed by atoms with Gasteiger partial charge < -0.3 is 9.47 Å². The van der Waals surface area contributed by atoms with E-state index in [1.54, 1.807) is 0 Å². The summed E-state index contributed by atoms with van der Waals surface area (Å²) in [6.07, 6.45) is -1.17. The Hall–Kier alpha value is -0.620. The maximum absolute atomic E-state index is 11.1. The van der Waals surface area contributed by atoms with Gasteiger partial charge in [-0.25, -0.2) is 8.42 Å². The second kappa shape index (κ2) is 3.63. The van der Waals surface area contributed by atoms with Gasteiger partial charge in [0.25, 0.3) is 0 Å². The van der Waals surface area contributed by atoms with Crippen molar-refractivity contribution in [3.05, 3.63) is 0 Å². The fourth-order valence-electron chi connectivity index (χ4n) is 1.33. The van der Waals surface area contributed by atoms with E-state index in [4.69, 9.17) is 9.47 Å². The number of hydrogen-bond acceptors (Lipinski definition) is 5. The third-order valence-corrected chi connectivity index (χ3v) is 3.54. The summed E-state index contributed by atoms with van der Waals surface area (Å²) in [5.41, 5.74) is 0. The van der Waals surface area contributed by atoms with Gasteiger partial charge in [-0.3, -0.25) is 4.79 Å². The molecule has 0 aromatic carbocycles. The van der Waals surface area contributed by atoms with Crippen molar-refractivity contribution in [1.29, 1.82) is 0 Å². The van der Waals surface area contributed by atoms with E-state index >= 15 is 0 Å². The standard InChI is InChI=1S/C7H12O5S/c1-5(8)12-7-4-13(9,10)3-6(7)11-2/h6-7H,3-4H2,1-2H3/t6-,7+/m0/s1. The van der Waals surface area contributed by atoms with Crippen LogP contribution in [0.5, 0.6) is 0 Å². The summed E-state index contributed by atoms with van der Waals surface area (Å²) < 4.78 is 32.0. The molecule has 0 unspecified atom stereocenters. The maximum atomic E-state index is 11.1. The molecule has 13 heavy (non-hydrogen) atoms. The van der Waals surface area contributed by atoms with Gasteiger partial charge >= 0.3 is 5.97 Å². The van der Waals surface area contributed by atoms with E-state index in [-0.39, 0.29) is 11.5 Å². The summed E-state index contributed by atoms with van der Waals surface area (Å²) >= 11 is 0. The van der Waals surface area contributed by atoms with E-state index in [0.29, 0.717) is 0 Å². The van der Waals surface area contributed by atoms with E-state index in [9.17, 15) is 13.2 Å². The zero-order valence-electron chi connectivity index (χ0n) is 7.52. The average molecular weight is 208 g/mol. The highest BCUT2D eigenvalue weighted by Crippen LogP contribution is 2.18. The summed E-state index contributed by atoms with van der Waals surface area (Å²) in [7, 11) is -1.70. The Morgan fingerprint density at radius 3 is 2.31 bits per heavy atom. The summed E-state index contributed by atoms with van der Waals surface area (Å²) in [5, 5.41) is 0. The molecule has 0 aliphatic carbocycles. The Morgan fingerprint density at radius 1 is 1.31 bits per heavy atom. The van der Waals surface area contributed by atoms with Crippen LogP contribution in [-0.4, -0.2) is 45.2 Å². The van der Waals surface area contributed by atoms with Gasteiger partial charge in [-0.05, 0) is 0 Å². The third-order valence-electron chi connectivity index (χ3n) is 1.87. The van der Waals surface area contributed by atoms with E-state index < -0.39 is 28.0 Å². The number of rotatable bonds is 2. The number of esters is 1. The molecule has 1 saturated heterocycles. The first-order chi connectivity index (χ1) is 5.94. The van der Waals surface area contributed by atoms with Crippen LogP contribution in [0, 0.1) is 0 Å². The number of sulfone groups is 1. The Balaban J connectivity index is 2.69. The number of carbonyl (C=O) groups excluding carboxylic acids is 1. The fourth-order valence-corrected chi connectivity index (χ4v) is 3.10. The van der Waals surface area contributed by atoms with Gasteiger partial charge in [0.2, 0.25) is 0 Å². The Morgan fingerprint density at radius 2 is 1.85 bits per heavy atom. The first-order valence-electron chi connectivity index (χ1n) is 3.85. The van der Waals surface area contributed by atoms with Crippen molar-refractivity contribution < 1.29 is 22.7 Å². The minimum atomic E-state index is -3.10. The first-order valence-corrected chi connectivity index (χ1v) is 5.67. The van der Waals surface area contributed by atoms with Crippen LogP contribution in [0.2, 0.25) is 0 Å². The van der Waals surface area contributed by atoms with Crippen molar-refractivity contribution in [2.45, 2.75) is 19.1 Å². The smallest absolute Gasteiger partial charge is 0.303 e. The van der Waals surface area contributed by atoms with Crippen LogP contribution >= 0.6 is 0 Å². The molecule has 1 rings (SSSR count). The topological polar surface area (TPSA) is 69.7 Å². The lowest BCUT2D eigenvalue weighted by atomic mass is 10.2. The van der Waals surface area contributed by atoms with Gasteiger partial charge in [-0.2, -0.15) is 0 Å². The lowest BCUT2D eigenvalue weighted by Crippen LogP contribution is -2.30. The molecule has 0 aromatic rings. The normalized spacial score (nSPS) is 31.5. The van der Waals surface area contributed by atoms with Gasteiger partial charge in [0.05, 0.1) is 11.5 Å². The van der Waals surface area contributed by atoms with Gasteiger partial charge in [-0.1, -0.05) is 0 Å². The third kappa shape index (κ3) is 2.67. The van der Waals surface area contributed by atoms with Crippen molar-refractivity contribution in [1.82, 2.24) is 0 Å². The van der Waals surface area contributed by atoms with Crippen molar-refractivity contribution in [3.63, 3.8) is 0 Å². The second-order valence-corrected chi connectivity index (χ2v) is 5.15. The number of methoxy groups -OCH3 is 1. The minimum absolute atomic E-state index is 0.0680. The first kappa shape index (κ1) is 10.5. The Kier molecular flexibility index (Phi) is 2.92. The molecule has 0 spiro atoms. The van der Waals surface area contributed by atoms with Crippen LogP contribution in [0.1, 0.15) is 6.92 Å². The van der Waals surface area contributed by atoms with Gasteiger partial charge in [0, 0.05) is 14.0 Å². The molecule has 0 aromatic heterocycles. The van der Waals surface area contributed by atoms with Crippen LogP contribution in [0.25, 0.3) is 0 Å². The molecular weight excluding hydrogens is 196 g/mol. The van der Waals surface area contributed by atoms with E-state index in [2.05, 4.69) is 0 Å². The van der Waals surface area contributed by atoms with Crippen LogP contribution in [0.15, 0.2) is 0 Å².